The number of benzene rings is 1. The second-order valence-electron chi connectivity index (χ2n) is 5.03. The zero-order chi connectivity index (χ0) is 15.1. The number of nitrogens with one attached hydrogen (secondary N) is 1. The van der Waals surface area contributed by atoms with Crippen molar-refractivity contribution in [1.29, 1.82) is 0 Å². The molecule has 0 atom stereocenters. The quantitative estimate of drug-likeness (QED) is 0.662. The van der Waals surface area contributed by atoms with Crippen molar-refractivity contribution < 1.29 is 4.74 Å². The van der Waals surface area contributed by atoms with Crippen LogP contribution in [-0.4, -0.2) is 56.5 Å². The third kappa shape index (κ3) is 5.02. The Balaban J connectivity index is 1.75. The molecule has 1 aromatic carbocycles. The van der Waals surface area contributed by atoms with Crippen LogP contribution in [-0.2, 0) is 4.74 Å². The molecule has 1 aliphatic rings. The minimum Gasteiger partial charge on any atom is -0.385 e. The molecule has 6 heteroatoms. The Kier molecular flexibility index (Phi) is 6.54. The number of methoxy groups -OCH3 is 1. The first-order chi connectivity index (χ1) is 10.2. The van der Waals surface area contributed by atoms with Crippen molar-refractivity contribution in [2.75, 3.05) is 51.3 Å². The normalized spacial score (nSPS) is 15.1. The van der Waals surface area contributed by atoms with E-state index < -0.39 is 0 Å². The van der Waals surface area contributed by atoms with Crippen LogP contribution >= 0.6 is 23.8 Å². The molecule has 0 amide bonds. The molecule has 116 valence electrons. The summed E-state index contributed by atoms with van der Waals surface area (Å²) in [5, 5.41) is 4.92. The Bertz CT molecular complexity index is 447. The molecule has 0 aliphatic carbocycles. The first-order valence-corrected chi connectivity index (χ1v) is 8.01. The summed E-state index contributed by atoms with van der Waals surface area (Å²) in [6.07, 6.45) is 0.974. The maximum atomic E-state index is 5.93. The first-order valence-electron chi connectivity index (χ1n) is 7.23. The van der Waals surface area contributed by atoms with E-state index in [-0.39, 0.29) is 0 Å². The highest BCUT2D eigenvalue weighted by Gasteiger charge is 2.18. The summed E-state index contributed by atoms with van der Waals surface area (Å²) in [4.78, 5) is 4.59. The molecule has 2 rings (SSSR count). The van der Waals surface area contributed by atoms with Crippen LogP contribution in [0.5, 0.6) is 0 Å². The Hall–Kier alpha value is -1.04. The standard InChI is InChI=1S/C15H22ClN3OS/c1-20-12-2-7-17-15(21)19-10-8-18(9-11-19)14-5-3-13(16)4-6-14/h3-6H,2,7-12H2,1H3,(H,17,21). The fourth-order valence-corrected chi connectivity index (χ4v) is 2.75. The smallest absolute Gasteiger partial charge is 0.169 e. The van der Waals surface area contributed by atoms with Crippen LogP contribution in [0.1, 0.15) is 6.42 Å². The zero-order valence-corrected chi connectivity index (χ0v) is 13.9. The second-order valence-corrected chi connectivity index (χ2v) is 5.85. The molecule has 1 N–H and O–H groups in total. The van der Waals surface area contributed by atoms with Gasteiger partial charge in [-0.05, 0) is 42.9 Å². The number of thiocarbonyl (C=S) groups is 1. The number of hydrogen-bond acceptors (Lipinski definition) is 3. The number of anilines is 1. The number of halogens is 1. The van der Waals surface area contributed by atoms with Gasteiger partial charge in [0.05, 0.1) is 0 Å². The number of rotatable bonds is 5. The van der Waals surface area contributed by atoms with Gasteiger partial charge in [-0.2, -0.15) is 0 Å². The van der Waals surface area contributed by atoms with Gasteiger partial charge in [-0.1, -0.05) is 11.6 Å². The monoisotopic (exact) mass is 327 g/mol. The van der Waals surface area contributed by atoms with E-state index in [2.05, 4.69) is 27.2 Å². The van der Waals surface area contributed by atoms with Gasteiger partial charge in [0, 0.05) is 57.2 Å². The lowest BCUT2D eigenvalue weighted by Crippen LogP contribution is -2.51. The average molecular weight is 328 g/mol. The summed E-state index contributed by atoms with van der Waals surface area (Å²) in [7, 11) is 1.72. The van der Waals surface area contributed by atoms with Crippen molar-refractivity contribution in [2.24, 2.45) is 0 Å². The minimum atomic E-state index is 0.764. The molecule has 0 aromatic heterocycles. The van der Waals surface area contributed by atoms with Crippen molar-refractivity contribution >= 4 is 34.6 Å². The van der Waals surface area contributed by atoms with E-state index in [0.717, 1.165) is 55.9 Å². The summed E-state index contributed by atoms with van der Waals surface area (Å²) in [6, 6.07) is 8.01. The van der Waals surface area contributed by atoms with E-state index in [1.165, 1.54) is 5.69 Å². The zero-order valence-electron chi connectivity index (χ0n) is 12.3. The summed E-state index contributed by atoms with van der Waals surface area (Å²) < 4.78 is 5.03. The van der Waals surface area contributed by atoms with Crippen LogP contribution in [0.25, 0.3) is 0 Å². The van der Waals surface area contributed by atoms with E-state index in [9.17, 15) is 0 Å². The minimum absolute atomic E-state index is 0.764. The summed E-state index contributed by atoms with van der Waals surface area (Å²) in [5.74, 6) is 0. The number of piperazine rings is 1. The fraction of sp³-hybridized carbons (Fsp3) is 0.533. The molecular formula is C15H22ClN3OS. The van der Waals surface area contributed by atoms with Crippen molar-refractivity contribution in [1.82, 2.24) is 10.2 Å². The van der Waals surface area contributed by atoms with Gasteiger partial charge in [-0.3, -0.25) is 0 Å². The third-order valence-electron chi connectivity index (χ3n) is 3.56. The Labute approximate surface area is 137 Å². The molecule has 0 spiro atoms. The summed E-state index contributed by atoms with van der Waals surface area (Å²) >= 11 is 11.4. The molecule has 4 nitrogen and oxygen atoms in total. The highest BCUT2D eigenvalue weighted by Crippen LogP contribution is 2.19. The highest BCUT2D eigenvalue weighted by atomic mass is 35.5. The molecule has 21 heavy (non-hydrogen) atoms. The number of ether oxygens (including phenoxy) is 1. The predicted molar refractivity (Wildman–Crippen MR) is 92.3 cm³/mol. The predicted octanol–water partition coefficient (Wildman–Crippen LogP) is 2.37. The van der Waals surface area contributed by atoms with Crippen molar-refractivity contribution in [2.45, 2.75) is 6.42 Å². The molecule has 1 aliphatic heterocycles. The first kappa shape index (κ1) is 16.3. The van der Waals surface area contributed by atoms with Gasteiger partial charge < -0.3 is 19.9 Å². The van der Waals surface area contributed by atoms with Gasteiger partial charge in [0.1, 0.15) is 0 Å². The molecule has 0 unspecified atom stereocenters. The second kappa shape index (κ2) is 8.41. The van der Waals surface area contributed by atoms with E-state index >= 15 is 0 Å². The van der Waals surface area contributed by atoms with E-state index in [1.807, 2.05) is 12.1 Å². The van der Waals surface area contributed by atoms with Crippen molar-refractivity contribution in [3.8, 4) is 0 Å². The lowest BCUT2D eigenvalue weighted by atomic mass is 10.2. The van der Waals surface area contributed by atoms with Crippen molar-refractivity contribution in [3.05, 3.63) is 29.3 Å². The molecule has 1 aromatic rings. The fourth-order valence-electron chi connectivity index (χ4n) is 2.34. The van der Waals surface area contributed by atoms with Gasteiger partial charge in [0.15, 0.2) is 5.11 Å². The van der Waals surface area contributed by atoms with Gasteiger partial charge in [0.2, 0.25) is 0 Å². The van der Waals surface area contributed by atoms with E-state index in [4.69, 9.17) is 28.6 Å². The highest BCUT2D eigenvalue weighted by molar-refractivity contribution is 7.80. The molecular weight excluding hydrogens is 306 g/mol. The molecule has 1 heterocycles. The van der Waals surface area contributed by atoms with Gasteiger partial charge in [-0.25, -0.2) is 0 Å². The van der Waals surface area contributed by atoms with Crippen LogP contribution in [0.15, 0.2) is 24.3 Å². The summed E-state index contributed by atoms with van der Waals surface area (Å²) in [6.45, 7) is 5.46. The largest absolute Gasteiger partial charge is 0.385 e. The SMILES string of the molecule is COCCCNC(=S)N1CCN(c2ccc(Cl)cc2)CC1. The van der Waals surface area contributed by atoms with Gasteiger partial charge >= 0.3 is 0 Å². The summed E-state index contributed by atoms with van der Waals surface area (Å²) in [5.41, 5.74) is 1.22. The van der Waals surface area contributed by atoms with Gasteiger partial charge in [0.25, 0.3) is 0 Å². The average Bonchev–Trinajstić information content (AvgIpc) is 2.52. The van der Waals surface area contributed by atoms with E-state index in [0.29, 0.717) is 0 Å². The topological polar surface area (TPSA) is 27.7 Å². The molecule has 1 saturated heterocycles. The van der Waals surface area contributed by atoms with Crippen LogP contribution in [0.3, 0.4) is 0 Å². The van der Waals surface area contributed by atoms with Crippen molar-refractivity contribution in [3.63, 3.8) is 0 Å². The lowest BCUT2D eigenvalue weighted by Gasteiger charge is -2.37. The third-order valence-corrected chi connectivity index (χ3v) is 4.21. The maximum absolute atomic E-state index is 5.93. The van der Waals surface area contributed by atoms with Crippen LogP contribution in [0.2, 0.25) is 5.02 Å². The Morgan fingerprint density at radius 3 is 2.52 bits per heavy atom. The number of nitrogens with zero attached hydrogens (tertiary/aromatic N) is 2. The van der Waals surface area contributed by atoms with Crippen LogP contribution in [0, 0.1) is 0 Å². The van der Waals surface area contributed by atoms with Gasteiger partial charge in [-0.15, -0.1) is 0 Å². The molecule has 1 fully saturated rings. The van der Waals surface area contributed by atoms with Crippen LogP contribution in [0.4, 0.5) is 5.69 Å². The lowest BCUT2D eigenvalue weighted by molar-refractivity contribution is 0.195. The number of hydrogen-bond donors (Lipinski definition) is 1. The Morgan fingerprint density at radius 1 is 1.24 bits per heavy atom. The van der Waals surface area contributed by atoms with E-state index in [1.54, 1.807) is 7.11 Å². The molecule has 0 bridgehead atoms. The Morgan fingerprint density at radius 2 is 1.90 bits per heavy atom. The van der Waals surface area contributed by atoms with Crippen LogP contribution < -0.4 is 10.2 Å². The maximum Gasteiger partial charge on any atom is 0.169 e. The molecule has 0 saturated carbocycles. The molecule has 0 radical (unpaired) electrons.